The van der Waals surface area contributed by atoms with Gasteiger partial charge in [-0.25, -0.2) is 9.78 Å². The average molecular weight is 382 g/mol. The first kappa shape index (κ1) is 16.7. The van der Waals surface area contributed by atoms with Crippen molar-refractivity contribution in [1.82, 2.24) is 4.98 Å². The predicted molar refractivity (Wildman–Crippen MR) is 100 cm³/mol. The molecule has 0 aliphatic rings. The van der Waals surface area contributed by atoms with Gasteiger partial charge in [0.15, 0.2) is 5.76 Å². The minimum absolute atomic E-state index is 0.223. The molecule has 0 aliphatic carbocycles. The number of hydrogen-bond acceptors (Lipinski definition) is 9. The molecule has 4 aromatic rings. The molecule has 0 aliphatic heterocycles. The van der Waals surface area contributed by atoms with Crippen LogP contribution in [0.4, 0.5) is 11.0 Å². The summed E-state index contributed by atoms with van der Waals surface area (Å²) in [6.45, 7) is 0. The lowest BCUT2D eigenvalue weighted by Gasteiger charge is -1.99. The fraction of sp³-hybridized carbons (Fsp3) is 0. The summed E-state index contributed by atoms with van der Waals surface area (Å²) in [6, 6.07) is 11.6. The van der Waals surface area contributed by atoms with E-state index >= 15 is 0 Å². The molecule has 1 N–H and O–H groups in total. The Morgan fingerprint density at radius 1 is 1.22 bits per heavy atom. The molecule has 9 nitrogen and oxygen atoms in total. The van der Waals surface area contributed by atoms with E-state index in [2.05, 4.69) is 15.5 Å². The van der Waals surface area contributed by atoms with Crippen LogP contribution < -0.4 is 11.1 Å². The van der Waals surface area contributed by atoms with Crippen molar-refractivity contribution >= 4 is 39.5 Å². The number of hydrogen-bond donors (Lipinski definition) is 1. The molecule has 0 atom stereocenters. The zero-order chi connectivity index (χ0) is 18.8. The smallest absolute Gasteiger partial charge is 0.422 e. The molecule has 0 saturated carbocycles. The molecule has 4 rings (SSSR count). The van der Waals surface area contributed by atoms with Gasteiger partial charge >= 0.3 is 11.5 Å². The summed E-state index contributed by atoms with van der Waals surface area (Å²) in [5, 5.41) is 17.4. The van der Waals surface area contributed by atoms with E-state index in [0.29, 0.717) is 22.0 Å². The molecular weight excluding hydrogens is 372 g/mol. The fourth-order valence-corrected chi connectivity index (χ4v) is 3.01. The molecule has 1 aromatic carbocycles. The van der Waals surface area contributed by atoms with Crippen LogP contribution in [0, 0.1) is 10.1 Å². The molecular formula is C17H10N4O5S. The third-order valence-corrected chi connectivity index (χ3v) is 4.31. The topological polar surface area (TPSA) is 124 Å². The highest BCUT2D eigenvalue weighted by Crippen LogP contribution is 2.25. The van der Waals surface area contributed by atoms with Crippen molar-refractivity contribution in [2.24, 2.45) is 5.10 Å². The van der Waals surface area contributed by atoms with Gasteiger partial charge < -0.3 is 8.83 Å². The van der Waals surface area contributed by atoms with Gasteiger partial charge in [0.2, 0.25) is 5.13 Å². The van der Waals surface area contributed by atoms with Crippen LogP contribution in [0.1, 0.15) is 5.76 Å². The number of thiazole rings is 1. The van der Waals surface area contributed by atoms with E-state index in [1.165, 1.54) is 29.7 Å². The summed E-state index contributed by atoms with van der Waals surface area (Å²) >= 11 is 1.25. The number of rotatable bonds is 5. The van der Waals surface area contributed by atoms with Crippen LogP contribution in [-0.4, -0.2) is 16.1 Å². The molecule has 0 unspecified atom stereocenters. The van der Waals surface area contributed by atoms with Crippen molar-refractivity contribution in [3.05, 3.63) is 74.1 Å². The Morgan fingerprint density at radius 3 is 2.89 bits per heavy atom. The Hall–Kier alpha value is -3.79. The van der Waals surface area contributed by atoms with Crippen LogP contribution in [-0.2, 0) is 0 Å². The lowest BCUT2D eigenvalue weighted by Crippen LogP contribution is -2.02. The van der Waals surface area contributed by atoms with Gasteiger partial charge in [0.1, 0.15) is 10.5 Å². The molecule has 3 aromatic heterocycles. The van der Waals surface area contributed by atoms with E-state index in [-0.39, 0.29) is 11.6 Å². The molecule has 10 heteroatoms. The summed E-state index contributed by atoms with van der Waals surface area (Å²) in [5.41, 5.74) is 3.54. The second kappa shape index (κ2) is 6.84. The number of nitro groups is 1. The highest BCUT2D eigenvalue weighted by atomic mass is 32.1. The van der Waals surface area contributed by atoms with Crippen LogP contribution in [0.15, 0.2) is 66.6 Å². The molecule has 3 heterocycles. The number of nitrogens with zero attached hydrogens (tertiary/aromatic N) is 3. The standard InChI is InChI=1S/C17H10N4O5S/c22-16-12(7-10-3-1-2-4-14(10)26-16)13-9-27-17(19-13)20-18-8-11-5-6-15(25-11)21(23)24/h1-9H,(H,19,20)/b18-8+. The van der Waals surface area contributed by atoms with E-state index < -0.39 is 10.5 Å². The van der Waals surface area contributed by atoms with E-state index in [4.69, 9.17) is 8.83 Å². The van der Waals surface area contributed by atoms with Crippen LogP contribution in [0.3, 0.4) is 0 Å². The number of para-hydroxylation sites is 1. The third kappa shape index (κ3) is 3.46. The highest BCUT2D eigenvalue weighted by Gasteiger charge is 2.12. The Bertz CT molecular complexity index is 1220. The van der Waals surface area contributed by atoms with Crippen molar-refractivity contribution in [2.75, 3.05) is 5.43 Å². The van der Waals surface area contributed by atoms with Gasteiger partial charge in [0, 0.05) is 10.8 Å². The second-order valence-electron chi connectivity index (χ2n) is 5.33. The summed E-state index contributed by atoms with van der Waals surface area (Å²) in [4.78, 5) is 26.4. The van der Waals surface area contributed by atoms with Crippen LogP contribution in [0.2, 0.25) is 0 Å². The summed E-state index contributed by atoms with van der Waals surface area (Å²) in [5.74, 6) is -0.142. The van der Waals surface area contributed by atoms with E-state index in [0.717, 1.165) is 5.39 Å². The van der Waals surface area contributed by atoms with Crippen molar-refractivity contribution < 1.29 is 13.8 Å². The normalized spacial score (nSPS) is 11.3. The first-order chi connectivity index (χ1) is 13.1. The zero-order valence-electron chi connectivity index (χ0n) is 13.5. The van der Waals surface area contributed by atoms with Crippen LogP contribution >= 0.6 is 11.3 Å². The Kier molecular flexibility index (Phi) is 4.22. The minimum Gasteiger partial charge on any atom is -0.422 e. The largest absolute Gasteiger partial charge is 0.433 e. The van der Waals surface area contributed by atoms with Gasteiger partial charge in [-0.15, -0.1) is 11.3 Å². The molecule has 0 radical (unpaired) electrons. The maximum Gasteiger partial charge on any atom is 0.433 e. The van der Waals surface area contributed by atoms with E-state index in [1.54, 1.807) is 23.6 Å². The SMILES string of the molecule is O=c1oc2ccccc2cc1-c1csc(N/N=C/c2ccc([N+](=O)[O-])o2)n1. The predicted octanol–water partition coefficient (Wildman–Crippen LogP) is 3.86. The Labute approximate surface area is 154 Å². The quantitative estimate of drug-likeness (QED) is 0.240. The molecule has 0 bridgehead atoms. The number of fused-ring (bicyclic) bond motifs is 1. The van der Waals surface area contributed by atoms with Gasteiger partial charge in [-0.2, -0.15) is 5.10 Å². The second-order valence-corrected chi connectivity index (χ2v) is 6.18. The molecule has 0 spiro atoms. The molecule has 134 valence electrons. The van der Waals surface area contributed by atoms with Gasteiger partial charge in [0.05, 0.1) is 23.5 Å². The van der Waals surface area contributed by atoms with Gasteiger partial charge in [-0.3, -0.25) is 15.5 Å². The third-order valence-electron chi connectivity index (χ3n) is 3.57. The Morgan fingerprint density at radius 2 is 2.07 bits per heavy atom. The van der Waals surface area contributed by atoms with Crippen molar-refractivity contribution in [3.8, 4) is 11.3 Å². The van der Waals surface area contributed by atoms with E-state index in [1.807, 2.05) is 12.1 Å². The fourth-order valence-electron chi connectivity index (χ4n) is 2.35. The molecule has 0 saturated heterocycles. The Balaban J connectivity index is 1.53. The van der Waals surface area contributed by atoms with Gasteiger partial charge in [0.25, 0.3) is 0 Å². The monoisotopic (exact) mass is 382 g/mol. The average Bonchev–Trinajstić information content (AvgIpc) is 3.31. The minimum atomic E-state index is -0.632. The number of furan rings is 1. The lowest BCUT2D eigenvalue weighted by atomic mass is 10.1. The van der Waals surface area contributed by atoms with E-state index in [9.17, 15) is 14.9 Å². The summed E-state index contributed by atoms with van der Waals surface area (Å²) in [7, 11) is 0. The van der Waals surface area contributed by atoms with Gasteiger partial charge in [-0.05, 0) is 18.2 Å². The van der Waals surface area contributed by atoms with Crippen LogP contribution in [0.5, 0.6) is 0 Å². The maximum absolute atomic E-state index is 12.2. The summed E-state index contributed by atoms with van der Waals surface area (Å²) in [6.07, 6.45) is 1.29. The van der Waals surface area contributed by atoms with Crippen molar-refractivity contribution in [1.29, 1.82) is 0 Å². The lowest BCUT2D eigenvalue weighted by molar-refractivity contribution is -0.402. The van der Waals surface area contributed by atoms with Gasteiger partial charge in [-0.1, -0.05) is 18.2 Å². The maximum atomic E-state index is 12.2. The number of hydrazone groups is 1. The molecule has 0 amide bonds. The summed E-state index contributed by atoms with van der Waals surface area (Å²) < 4.78 is 10.3. The highest BCUT2D eigenvalue weighted by molar-refractivity contribution is 7.14. The first-order valence-electron chi connectivity index (χ1n) is 7.62. The zero-order valence-corrected chi connectivity index (χ0v) is 14.3. The number of anilines is 1. The number of benzene rings is 1. The molecule has 0 fully saturated rings. The van der Waals surface area contributed by atoms with Crippen LogP contribution in [0.25, 0.3) is 22.2 Å². The van der Waals surface area contributed by atoms with Crippen molar-refractivity contribution in [2.45, 2.75) is 0 Å². The number of aromatic nitrogens is 1. The molecule has 27 heavy (non-hydrogen) atoms. The van der Waals surface area contributed by atoms with Crippen molar-refractivity contribution in [3.63, 3.8) is 0 Å². The number of nitrogens with one attached hydrogen (secondary N) is 1. The first-order valence-corrected chi connectivity index (χ1v) is 8.50.